The van der Waals surface area contributed by atoms with E-state index in [9.17, 15) is 10.1 Å². The van der Waals surface area contributed by atoms with Crippen molar-refractivity contribution >= 4 is 22.8 Å². The lowest BCUT2D eigenvalue weighted by molar-refractivity contribution is 0.104. The van der Waals surface area contributed by atoms with Gasteiger partial charge in [-0.3, -0.25) is 4.79 Å². The fourth-order valence-corrected chi connectivity index (χ4v) is 3.66. The average Bonchev–Trinajstić information content (AvgIpc) is 3.10. The molecule has 1 aromatic heterocycles. The Kier molecular flexibility index (Phi) is 4.99. The number of aryl methyl sites for hydroxylation is 1. The van der Waals surface area contributed by atoms with Gasteiger partial charge in [0.2, 0.25) is 5.78 Å². The van der Waals surface area contributed by atoms with E-state index in [-0.39, 0.29) is 11.4 Å². The molecule has 4 nitrogen and oxygen atoms in total. The number of allylic oxidation sites excluding steroid dienone is 1. The molecule has 0 aliphatic heterocycles. The van der Waals surface area contributed by atoms with E-state index in [1.165, 1.54) is 0 Å². The van der Waals surface area contributed by atoms with Crippen molar-refractivity contribution in [1.82, 2.24) is 4.57 Å². The molecule has 4 heteroatoms. The first-order valence-corrected chi connectivity index (χ1v) is 9.43. The average molecular weight is 387 g/mol. The highest BCUT2D eigenvalue weighted by Gasteiger charge is 2.24. The summed E-state index contributed by atoms with van der Waals surface area (Å²) in [4.78, 5) is 13.6. The second kappa shape index (κ2) is 7.91. The van der Waals surface area contributed by atoms with Crippen LogP contribution in [0.5, 0.6) is 0 Å². The number of Topliss-reactive ketones (excluding diaryl/α,β-unsaturated/α-hetero) is 1. The SMILES string of the molecule is Cn1c(-c2ccccc2)c(C(=O)/C(C#N)=C/c2ccc(C#N)cc2)c2ccccc21. The van der Waals surface area contributed by atoms with Crippen LogP contribution in [0.25, 0.3) is 28.2 Å². The highest BCUT2D eigenvalue weighted by atomic mass is 16.1. The first-order chi connectivity index (χ1) is 14.6. The van der Waals surface area contributed by atoms with E-state index in [0.29, 0.717) is 16.7 Å². The quantitative estimate of drug-likeness (QED) is 0.263. The maximum Gasteiger partial charge on any atom is 0.206 e. The number of hydrogen-bond acceptors (Lipinski definition) is 3. The summed E-state index contributed by atoms with van der Waals surface area (Å²) in [6.45, 7) is 0. The number of rotatable bonds is 4. The minimum absolute atomic E-state index is 0.0493. The number of ketones is 1. The van der Waals surface area contributed by atoms with Crippen molar-refractivity contribution in [3.8, 4) is 23.4 Å². The second-order valence-electron chi connectivity index (χ2n) is 6.90. The summed E-state index contributed by atoms with van der Waals surface area (Å²) < 4.78 is 1.99. The third-order valence-electron chi connectivity index (χ3n) is 5.10. The third-order valence-corrected chi connectivity index (χ3v) is 5.10. The molecular formula is C26H17N3O. The third kappa shape index (κ3) is 3.28. The van der Waals surface area contributed by atoms with Crippen LogP contribution in [0.3, 0.4) is 0 Å². The van der Waals surface area contributed by atoms with Crippen molar-refractivity contribution in [3.05, 3.63) is 101 Å². The van der Waals surface area contributed by atoms with Crippen LogP contribution in [-0.4, -0.2) is 10.4 Å². The molecule has 0 amide bonds. The molecule has 0 aliphatic rings. The predicted molar refractivity (Wildman–Crippen MR) is 117 cm³/mol. The molecule has 0 unspecified atom stereocenters. The topological polar surface area (TPSA) is 69.6 Å². The number of fused-ring (bicyclic) bond motifs is 1. The lowest BCUT2D eigenvalue weighted by Gasteiger charge is -2.08. The van der Waals surface area contributed by atoms with Gasteiger partial charge in [0, 0.05) is 18.0 Å². The van der Waals surface area contributed by atoms with E-state index in [4.69, 9.17) is 5.26 Å². The maximum absolute atomic E-state index is 13.6. The summed E-state index contributed by atoms with van der Waals surface area (Å²) in [5.74, 6) is -0.322. The van der Waals surface area contributed by atoms with Crippen LogP contribution < -0.4 is 0 Å². The molecule has 0 atom stereocenters. The Bertz CT molecular complexity index is 1360. The van der Waals surface area contributed by atoms with Gasteiger partial charge in [-0.2, -0.15) is 10.5 Å². The standard InChI is InChI=1S/C26H17N3O/c1-29-23-10-6-5-9-22(23)24(25(29)20-7-3-2-4-8-20)26(30)21(17-28)15-18-11-13-19(16-27)14-12-18/h2-15H,1H3/b21-15+. The number of carbonyl (C=O) groups excluding carboxylic acids is 1. The Labute approximate surface area is 174 Å². The molecule has 142 valence electrons. The lowest BCUT2D eigenvalue weighted by atomic mass is 9.96. The van der Waals surface area contributed by atoms with Gasteiger partial charge in [-0.05, 0) is 35.4 Å². The molecule has 0 aliphatic carbocycles. The number of hydrogen-bond donors (Lipinski definition) is 0. The fraction of sp³-hybridized carbons (Fsp3) is 0.0385. The Morgan fingerprint density at radius 1 is 0.900 bits per heavy atom. The summed E-state index contributed by atoms with van der Waals surface area (Å²) in [5.41, 5.74) is 4.40. The fourth-order valence-electron chi connectivity index (χ4n) is 3.66. The number of aromatic nitrogens is 1. The van der Waals surface area contributed by atoms with Gasteiger partial charge in [0.1, 0.15) is 11.6 Å². The number of nitrogens with zero attached hydrogens (tertiary/aromatic N) is 3. The lowest BCUT2D eigenvalue weighted by Crippen LogP contribution is -2.05. The predicted octanol–water partition coefficient (Wildman–Crippen LogP) is 5.51. The van der Waals surface area contributed by atoms with Crippen molar-refractivity contribution < 1.29 is 4.79 Å². The molecule has 0 fully saturated rings. The highest BCUT2D eigenvalue weighted by molar-refractivity contribution is 6.23. The van der Waals surface area contributed by atoms with Crippen LogP contribution in [0.1, 0.15) is 21.5 Å². The van der Waals surface area contributed by atoms with Crippen molar-refractivity contribution in [3.63, 3.8) is 0 Å². The van der Waals surface area contributed by atoms with Crippen LogP contribution in [0, 0.1) is 22.7 Å². The van der Waals surface area contributed by atoms with Crippen LogP contribution in [0.15, 0.2) is 84.4 Å². The van der Waals surface area contributed by atoms with E-state index in [2.05, 4.69) is 12.1 Å². The summed E-state index contributed by atoms with van der Waals surface area (Å²) in [6.07, 6.45) is 1.57. The van der Waals surface area contributed by atoms with Crippen molar-refractivity contribution in [2.75, 3.05) is 0 Å². The zero-order chi connectivity index (χ0) is 21.1. The molecule has 0 saturated heterocycles. The molecule has 0 spiro atoms. The van der Waals surface area contributed by atoms with Crippen molar-refractivity contribution in [1.29, 1.82) is 10.5 Å². The minimum atomic E-state index is -0.322. The first-order valence-electron chi connectivity index (χ1n) is 9.43. The van der Waals surface area contributed by atoms with Gasteiger partial charge in [-0.1, -0.05) is 60.7 Å². The molecule has 0 bridgehead atoms. The van der Waals surface area contributed by atoms with Crippen LogP contribution in [0.4, 0.5) is 0 Å². The molecule has 4 rings (SSSR count). The van der Waals surface area contributed by atoms with Crippen LogP contribution in [0.2, 0.25) is 0 Å². The van der Waals surface area contributed by atoms with Crippen molar-refractivity contribution in [2.45, 2.75) is 0 Å². The van der Waals surface area contributed by atoms with Gasteiger partial charge < -0.3 is 4.57 Å². The zero-order valence-corrected chi connectivity index (χ0v) is 16.3. The summed E-state index contributed by atoms with van der Waals surface area (Å²) >= 11 is 0. The number of carbonyl (C=O) groups is 1. The van der Waals surface area contributed by atoms with E-state index in [1.807, 2.05) is 66.2 Å². The monoisotopic (exact) mass is 387 g/mol. The van der Waals surface area contributed by atoms with Gasteiger partial charge in [-0.15, -0.1) is 0 Å². The van der Waals surface area contributed by atoms with Gasteiger partial charge in [-0.25, -0.2) is 0 Å². The smallest absolute Gasteiger partial charge is 0.206 e. The van der Waals surface area contributed by atoms with E-state index in [1.54, 1.807) is 30.3 Å². The normalized spacial score (nSPS) is 11.1. The van der Waals surface area contributed by atoms with E-state index >= 15 is 0 Å². The van der Waals surface area contributed by atoms with Crippen LogP contribution in [-0.2, 0) is 7.05 Å². The number of benzene rings is 3. The molecule has 0 saturated carbocycles. The summed E-state index contributed by atoms with van der Waals surface area (Å²) in [5, 5.41) is 19.5. The molecule has 0 N–H and O–H groups in total. The van der Waals surface area contributed by atoms with Gasteiger partial charge in [0.05, 0.1) is 22.9 Å². The number of nitriles is 2. The second-order valence-corrected chi connectivity index (χ2v) is 6.90. The largest absolute Gasteiger partial charge is 0.343 e. The van der Waals surface area contributed by atoms with Gasteiger partial charge in [0.15, 0.2) is 0 Å². The molecule has 3 aromatic carbocycles. The Morgan fingerprint density at radius 3 is 2.23 bits per heavy atom. The maximum atomic E-state index is 13.6. The van der Waals surface area contributed by atoms with E-state index < -0.39 is 0 Å². The van der Waals surface area contributed by atoms with E-state index in [0.717, 1.165) is 22.2 Å². The van der Waals surface area contributed by atoms with Gasteiger partial charge >= 0.3 is 0 Å². The molecular weight excluding hydrogens is 370 g/mol. The highest BCUT2D eigenvalue weighted by Crippen LogP contribution is 2.34. The van der Waals surface area contributed by atoms with Crippen molar-refractivity contribution in [2.24, 2.45) is 7.05 Å². The summed E-state index contributed by atoms with van der Waals surface area (Å²) in [7, 11) is 1.93. The number of para-hydroxylation sites is 1. The molecule has 4 aromatic rings. The minimum Gasteiger partial charge on any atom is -0.343 e. The zero-order valence-electron chi connectivity index (χ0n) is 16.3. The molecule has 30 heavy (non-hydrogen) atoms. The Hall–Kier alpha value is -4.41. The Morgan fingerprint density at radius 2 is 1.57 bits per heavy atom. The molecule has 1 heterocycles. The summed E-state index contributed by atoms with van der Waals surface area (Å²) in [6, 6.07) is 28.3. The Balaban J connectivity index is 1.91. The van der Waals surface area contributed by atoms with Gasteiger partial charge in [0.25, 0.3) is 0 Å². The van der Waals surface area contributed by atoms with Crippen LogP contribution >= 0.6 is 0 Å². The first kappa shape index (κ1) is 18.9. The molecule has 0 radical (unpaired) electrons.